The summed E-state index contributed by atoms with van der Waals surface area (Å²) in [5.74, 6) is -2.82. The Morgan fingerprint density at radius 3 is 2.16 bits per heavy atom. The van der Waals surface area contributed by atoms with Crippen molar-refractivity contribution in [1.29, 1.82) is 0 Å². The summed E-state index contributed by atoms with van der Waals surface area (Å²) in [6, 6.07) is 4.76. The van der Waals surface area contributed by atoms with Gasteiger partial charge in [0.15, 0.2) is 0 Å². The Hall–Kier alpha value is -3.25. The summed E-state index contributed by atoms with van der Waals surface area (Å²) in [7, 11) is -4.01. The van der Waals surface area contributed by atoms with Crippen molar-refractivity contribution >= 4 is 42.3 Å². The fourth-order valence-corrected chi connectivity index (χ4v) is 7.55. The van der Waals surface area contributed by atoms with Crippen molar-refractivity contribution in [1.82, 2.24) is 25.8 Å². The van der Waals surface area contributed by atoms with E-state index in [2.05, 4.69) is 16.0 Å². The number of fused-ring (bicyclic) bond motifs is 2. The SMILES string of the molecule is CCCC[C@@H]1NC(=O)[C@@H]2CCCN2C(=O)CCP(O)(O)=C(Cc2ccccc2)NC(=O)[C@@H]2CCCN2C(=O)[C@H](CO)NC1=O. The predicted octanol–water partition coefficient (Wildman–Crippen LogP) is -0.155. The van der Waals surface area contributed by atoms with Crippen LogP contribution in [0.15, 0.2) is 30.3 Å². The van der Waals surface area contributed by atoms with E-state index in [1.165, 1.54) is 9.80 Å². The Kier molecular flexibility index (Phi) is 11.6. The smallest absolute Gasteiger partial charge is 0.248 e. The molecular formula is C30H44N5O8P. The number of aliphatic hydroxyl groups excluding tert-OH is 1. The number of amides is 5. The zero-order chi connectivity index (χ0) is 31.9. The summed E-state index contributed by atoms with van der Waals surface area (Å²) >= 11 is 0. The van der Waals surface area contributed by atoms with Gasteiger partial charge in [-0.2, -0.15) is 0 Å². The van der Waals surface area contributed by atoms with Crippen LogP contribution < -0.4 is 16.0 Å². The lowest BCUT2D eigenvalue weighted by Gasteiger charge is -2.31. The van der Waals surface area contributed by atoms with E-state index in [0.717, 1.165) is 6.42 Å². The quantitative estimate of drug-likeness (QED) is 0.233. The molecular weight excluding hydrogens is 589 g/mol. The highest BCUT2D eigenvalue weighted by Gasteiger charge is 2.40. The monoisotopic (exact) mass is 633 g/mol. The van der Waals surface area contributed by atoms with Crippen LogP contribution in [0.1, 0.15) is 63.9 Å². The van der Waals surface area contributed by atoms with Crippen LogP contribution in [0.2, 0.25) is 0 Å². The largest absolute Gasteiger partial charge is 0.394 e. The number of nitrogens with zero attached hydrogens (tertiary/aromatic N) is 2. The van der Waals surface area contributed by atoms with E-state index < -0.39 is 67.7 Å². The highest BCUT2D eigenvalue weighted by Crippen LogP contribution is 2.41. The van der Waals surface area contributed by atoms with Crippen LogP contribution in [0.5, 0.6) is 0 Å². The zero-order valence-electron chi connectivity index (χ0n) is 25.1. The van der Waals surface area contributed by atoms with Gasteiger partial charge in [-0.15, -0.1) is 0 Å². The molecule has 1 aromatic carbocycles. The van der Waals surface area contributed by atoms with Crippen molar-refractivity contribution in [3.63, 3.8) is 0 Å². The van der Waals surface area contributed by atoms with Gasteiger partial charge in [0.2, 0.25) is 29.5 Å². The summed E-state index contributed by atoms with van der Waals surface area (Å²) in [5.41, 5.74) is 0.670. The molecule has 0 bridgehead atoms. The average Bonchev–Trinajstić information content (AvgIpc) is 3.71. The van der Waals surface area contributed by atoms with Gasteiger partial charge in [-0.3, -0.25) is 24.0 Å². The summed E-state index contributed by atoms with van der Waals surface area (Å²) in [6.45, 7) is 1.73. The molecule has 0 unspecified atom stereocenters. The first kappa shape index (κ1) is 33.6. The standard InChI is InChI=1S/C30H44N5O8P/c1-2-3-11-21-27(38)32-22(19-36)30(41)35-16-8-13-24(35)29(40)33-25(18-20-9-5-4-6-10-20)44(42,43)17-14-26(37)34-15-7-12-23(34)28(39)31-21/h4-6,9-10,21-24,36,42-43H,2-3,7-8,11-19H2,1H3,(H,31,39)(H,32,38)(H,33,40)/t21-,22-,23-,24-/m0/s1. The van der Waals surface area contributed by atoms with E-state index in [-0.39, 0.29) is 37.4 Å². The highest BCUT2D eigenvalue weighted by atomic mass is 31.2. The minimum absolute atomic E-state index is 0.00539. The minimum Gasteiger partial charge on any atom is -0.394 e. The molecule has 4 atom stereocenters. The van der Waals surface area contributed by atoms with Gasteiger partial charge in [0.1, 0.15) is 31.5 Å². The first-order valence-electron chi connectivity index (χ1n) is 15.4. The lowest BCUT2D eigenvalue weighted by Crippen LogP contribution is -2.59. The molecule has 44 heavy (non-hydrogen) atoms. The molecule has 3 aliphatic rings. The summed E-state index contributed by atoms with van der Waals surface area (Å²) < 4.78 is 0. The van der Waals surface area contributed by atoms with Gasteiger partial charge in [0, 0.05) is 32.1 Å². The number of aliphatic hydroxyl groups is 1. The maximum Gasteiger partial charge on any atom is 0.248 e. The van der Waals surface area contributed by atoms with Crippen molar-refractivity contribution in [3.05, 3.63) is 35.9 Å². The average molecular weight is 634 g/mol. The maximum absolute atomic E-state index is 13.6. The Morgan fingerprint density at radius 2 is 1.50 bits per heavy atom. The molecule has 0 radical (unpaired) electrons. The van der Waals surface area contributed by atoms with Gasteiger partial charge in [-0.1, -0.05) is 50.1 Å². The number of unbranched alkanes of at least 4 members (excludes halogenated alkanes) is 1. The molecule has 2 fully saturated rings. The molecule has 1 aromatic rings. The Labute approximate surface area is 257 Å². The van der Waals surface area contributed by atoms with E-state index in [1.807, 2.05) is 13.0 Å². The molecule has 0 spiro atoms. The van der Waals surface area contributed by atoms with Crippen LogP contribution in [0.4, 0.5) is 0 Å². The predicted molar refractivity (Wildman–Crippen MR) is 164 cm³/mol. The third-order valence-corrected chi connectivity index (χ3v) is 10.5. The van der Waals surface area contributed by atoms with Crippen LogP contribution >= 0.6 is 7.34 Å². The van der Waals surface area contributed by atoms with Crippen LogP contribution in [0.3, 0.4) is 0 Å². The molecule has 14 heteroatoms. The lowest BCUT2D eigenvalue weighted by molar-refractivity contribution is -0.143. The molecule has 13 nitrogen and oxygen atoms in total. The first-order chi connectivity index (χ1) is 21.1. The summed E-state index contributed by atoms with van der Waals surface area (Å²) in [5, 5.41) is 18.1. The van der Waals surface area contributed by atoms with Gasteiger partial charge in [-0.05, 0) is 37.7 Å². The number of hydrogen-bond acceptors (Lipinski definition) is 8. The van der Waals surface area contributed by atoms with E-state index in [9.17, 15) is 38.9 Å². The molecule has 6 N–H and O–H groups in total. The number of nitrogens with one attached hydrogen (secondary N) is 3. The molecule has 242 valence electrons. The number of rotatable bonds is 6. The van der Waals surface area contributed by atoms with Crippen LogP contribution in [0, 0.1) is 0 Å². The van der Waals surface area contributed by atoms with Crippen molar-refractivity contribution in [2.75, 3.05) is 25.9 Å². The highest BCUT2D eigenvalue weighted by molar-refractivity contribution is 7.65. The van der Waals surface area contributed by atoms with Gasteiger partial charge in [0.25, 0.3) is 0 Å². The second-order valence-electron chi connectivity index (χ2n) is 11.7. The van der Waals surface area contributed by atoms with E-state index in [0.29, 0.717) is 44.2 Å². The molecule has 2 saturated heterocycles. The third kappa shape index (κ3) is 8.06. The van der Waals surface area contributed by atoms with Gasteiger partial charge >= 0.3 is 0 Å². The molecule has 3 aliphatic heterocycles. The summed E-state index contributed by atoms with van der Waals surface area (Å²) in [4.78, 5) is 92.6. The Morgan fingerprint density at radius 1 is 0.864 bits per heavy atom. The molecule has 0 aromatic heterocycles. The Bertz CT molecular complexity index is 1290. The normalized spacial score (nSPS) is 27.2. The van der Waals surface area contributed by atoms with Crippen molar-refractivity contribution in [3.8, 4) is 0 Å². The van der Waals surface area contributed by atoms with E-state index in [4.69, 9.17) is 0 Å². The molecule has 0 aliphatic carbocycles. The van der Waals surface area contributed by atoms with Crippen LogP contribution in [-0.4, -0.2) is 110 Å². The number of benzene rings is 1. The van der Waals surface area contributed by atoms with Crippen LogP contribution in [0.25, 0.3) is 0 Å². The van der Waals surface area contributed by atoms with Gasteiger partial charge < -0.3 is 40.6 Å². The topological polar surface area (TPSA) is 189 Å². The van der Waals surface area contributed by atoms with Crippen molar-refractivity contribution in [2.45, 2.75) is 88.9 Å². The third-order valence-electron chi connectivity index (χ3n) is 8.54. The van der Waals surface area contributed by atoms with E-state index >= 15 is 0 Å². The van der Waals surface area contributed by atoms with Crippen molar-refractivity contribution in [2.24, 2.45) is 0 Å². The van der Waals surface area contributed by atoms with E-state index in [1.54, 1.807) is 24.3 Å². The maximum atomic E-state index is 13.6. The zero-order valence-corrected chi connectivity index (χ0v) is 26.0. The van der Waals surface area contributed by atoms with Gasteiger partial charge in [-0.25, -0.2) is 0 Å². The molecule has 5 amide bonds. The molecule has 3 heterocycles. The van der Waals surface area contributed by atoms with Gasteiger partial charge in [0.05, 0.1) is 12.0 Å². The van der Waals surface area contributed by atoms with Crippen molar-refractivity contribution < 1.29 is 38.9 Å². The molecule has 4 rings (SSSR count). The first-order valence-corrected chi connectivity index (χ1v) is 17.3. The molecule has 0 saturated carbocycles. The number of carbonyl (C=O) groups excluding carboxylic acids is 5. The second kappa shape index (κ2) is 15.2. The lowest BCUT2D eigenvalue weighted by atomic mass is 10.1. The second-order valence-corrected chi connectivity index (χ2v) is 14.1. The summed E-state index contributed by atoms with van der Waals surface area (Å²) in [6.07, 6.45) is 2.80. The number of carbonyl (C=O) groups is 5. The van der Waals surface area contributed by atoms with Crippen LogP contribution in [-0.2, 0) is 30.4 Å². The fourth-order valence-electron chi connectivity index (χ4n) is 6.05. The fraction of sp³-hybridized carbons (Fsp3) is 0.600. The minimum atomic E-state index is -4.01. The number of hydrogen-bond donors (Lipinski definition) is 6. The Balaban J connectivity index is 1.71.